The summed E-state index contributed by atoms with van der Waals surface area (Å²) in [5.41, 5.74) is -1.79. The second-order valence-corrected chi connectivity index (χ2v) is 5.33. The van der Waals surface area contributed by atoms with Gasteiger partial charge in [-0.05, 0) is 11.5 Å². The molecule has 110 valence electrons. The highest BCUT2D eigenvalue weighted by Gasteiger charge is 2.67. The number of rotatable bonds is 3. The molecule has 1 aromatic rings. The van der Waals surface area contributed by atoms with Gasteiger partial charge in [0.1, 0.15) is 0 Å². The lowest BCUT2D eigenvalue weighted by molar-refractivity contribution is -0.236. The average Bonchev–Trinajstić information content (AvgIpc) is 2.67. The van der Waals surface area contributed by atoms with Crippen LogP contribution in [0.25, 0.3) is 0 Å². The third-order valence-electron chi connectivity index (χ3n) is 3.98. The first kappa shape index (κ1) is 14.8. The highest BCUT2D eigenvalue weighted by molar-refractivity contribution is 5.77. The quantitative estimate of drug-likeness (QED) is 0.929. The Morgan fingerprint density at radius 2 is 2.00 bits per heavy atom. The normalized spacial score (nSPS) is 27.7. The molecular weight excluding hydrogens is 271 g/mol. The van der Waals surface area contributed by atoms with Gasteiger partial charge in [0.2, 0.25) is 0 Å². The maximum atomic E-state index is 13.2. The van der Waals surface area contributed by atoms with Gasteiger partial charge in [0.05, 0.1) is 0 Å². The van der Waals surface area contributed by atoms with E-state index in [2.05, 4.69) is 0 Å². The van der Waals surface area contributed by atoms with E-state index in [1.165, 1.54) is 6.92 Å². The van der Waals surface area contributed by atoms with Crippen LogP contribution >= 0.6 is 0 Å². The molecule has 2 atom stereocenters. The molecule has 6 heteroatoms. The number of carboxylic acids is 1. The highest BCUT2D eigenvalue weighted by Crippen LogP contribution is 2.49. The maximum absolute atomic E-state index is 13.2. The Bertz CT molecular complexity index is 489. The standard InChI is InChI=1S/C14H16F3NO2/c1-10-7-18(8-11-5-3-2-4-6-11)9-13(10,12(19)20)14(15,16)17/h2-6,10H,7-9H2,1H3,(H,19,20)/t10-,13-/m0/s1. The van der Waals surface area contributed by atoms with E-state index < -0.39 is 30.0 Å². The number of carboxylic acid groups (broad SMARTS) is 1. The van der Waals surface area contributed by atoms with Gasteiger partial charge in [0.15, 0.2) is 5.41 Å². The second-order valence-electron chi connectivity index (χ2n) is 5.33. The largest absolute Gasteiger partial charge is 0.481 e. The van der Waals surface area contributed by atoms with E-state index in [1.807, 2.05) is 30.3 Å². The average molecular weight is 287 g/mol. The van der Waals surface area contributed by atoms with Gasteiger partial charge < -0.3 is 5.11 Å². The van der Waals surface area contributed by atoms with Gasteiger partial charge in [-0.3, -0.25) is 9.69 Å². The number of carbonyl (C=O) groups is 1. The van der Waals surface area contributed by atoms with Crippen molar-refractivity contribution in [3.63, 3.8) is 0 Å². The molecule has 0 aromatic heterocycles. The van der Waals surface area contributed by atoms with E-state index in [0.717, 1.165) is 5.56 Å². The molecule has 1 fully saturated rings. The van der Waals surface area contributed by atoms with E-state index in [0.29, 0.717) is 6.54 Å². The van der Waals surface area contributed by atoms with Gasteiger partial charge in [-0.1, -0.05) is 37.3 Å². The second kappa shape index (κ2) is 5.09. The molecule has 0 radical (unpaired) electrons. The van der Waals surface area contributed by atoms with Crippen molar-refractivity contribution < 1.29 is 23.1 Å². The van der Waals surface area contributed by atoms with Crippen LogP contribution in [0, 0.1) is 11.3 Å². The summed E-state index contributed by atoms with van der Waals surface area (Å²) in [5.74, 6) is -2.75. The number of alkyl halides is 3. The molecule has 0 amide bonds. The Hall–Kier alpha value is -1.56. The molecular formula is C14H16F3NO2. The Morgan fingerprint density at radius 3 is 2.45 bits per heavy atom. The molecule has 2 rings (SSSR count). The summed E-state index contributed by atoms with van der Waals surface area (Å²) in [7, 11) is 0. The Kier molecular flexibility index (Phi) is 3.77. The minimum atomic E-state index is -4.75. The number of hydrogen-bond donors (Lipinski definition) is 1. The number of benzene rings is 1. The fourth-order valence-corrected chi connectivity index (χ4v) is 2.85. The van der Waals surface area contributed by atoms with E-state index >= 15 is 0 Å². The number of hydrogen-bond acceptors (Lipinski definition) is 2. The van der Waals surface area contributed by atoms with Crippen LogP contribution in [0.4, 0.5) is 13.2 Å². The predicted molar refractivity (Wildman–Crippen MR) is 67.0 cm³/mol. The third-order valence-corrected chi connectivity index (χ3v) is 3.98. The van der Waals surface area contributed by atoms with Crippen molar-refractivity contribution in [2.75, 3.05) is 13.1 Å². The van der Waals surface area contributed by atoms with Crippen molar-refractivity contribution >= 4 is 5.97 Å². The van der Waals surface area contributed by atoms with Crippen molar-refractivity contribution in [3.05, 3.63) is 35.9 Å². The minimum Gasteiger partial charge on any atom is -0.481 e. The summed E-state index contributed by atoms with van der Waals surface area (Å²) in [4.78, 5) is 12.8. The van der Waals surface area contributed by atoms with Crippen LogP contribution in [0.15, 0.2) is 30.3 Å². The van der Waals surface area contributed by atoms with Gasteiger partial charge >= 0.3 is 12.1 Å². The van der Waals surface area contributed by atoms with Crippen LogP contribution in [-0.2, 0) is 11.3 Å². The zero-order valence-electron chi connectivity index (χ0n) is 11.0. The van der Waals surface area contributed by atoms with Crippen molar-refractivity contribution in [1.82, 2.24) is 4.90 Å². The lowest BCUT2D eigenvalue weighted by Gasteiger charge is -2.30. The van der Waals surface area contributed by atoms with E-state index in [1.54, 1.807) is 4.90 Å². The number of likely N-dealkylation sites (tertiary alicyclic amines) is 1. The fourth-order valence-electron chi connectivity index (χ4n) is 2.85. The van der Waals surface area contributed by atoms with E-state index in [-0.39, 0.29) is 6.54 Å². The van der Waals surface area contributed by atoms with Crippen molar-refractivity contribution in [1.29, 1.82) is 0 Å². The molecule has 0 bridgehead atoms. The van der Waals surface area contributed by atoms with Gasteiger partial charge in [-0.2, -0.15) is 13.2 Å². The lowest BCUT2D eigenvalue weighted by Crippen LogP contribution is -2.50. The van der Waals surface area contributed by atoms with Gasteiger partial charge in [-0.15, -0.1) is 0 Å². The summed E-state index contributed by atoms with van der Waals surface area (Å²) < 4.78 is 39.7. The molecule has 1 saturated heterocycles. The lowest BCUT2D eigenvalue weighted by atomic mass is 9.78. The zero-order chi connectivity index (χ0) is 15.0. The van der Waals surface area contributed by atoms with Crippen LogP contribution in [0.3, 0.4) is 0 Å². The van der Waals surface area contributed by atoms with E-state index in [9.17, 15) is 18.0 Å². The molecule has 20 heavy (non-hydrogen) atoms. The molecule has 1 aliphatic heterocycles. The number of nitrogens with zero attached hydrogens (tertiary/aromatic N) is 1. The molecule has 0 spiro atoms. The summed E-state index contributed by atoms with van der Waals surface area (Å²) in [5, 5.41) is 9.11. The first-order chi connectivity index (χ1) is 9.27. The third kappa shape index (κ3) is 2.40. The van der Waals surface area contributed by atoms with Crippen LogP contribution in [0.5, 0.6) is 0 Å². The predicted octanol–water partition coefficient (Wildman–Crippen LogP) is 2.77. The fraction of sp³-hybridized carbons (Fsp3) is 0.500. The maximum Gasteiger partial charge on any atom is 0.406 e. The summed E-state index contributed by atoms with van der Waals surface area (Å²) in [6, 6.07) is 9.08. The Labute approximate surface area is 115 Å². The van der Waals surface area contributed by atoms with Crippen LogP contribution in [0.1, 0.15) is 12.5 Å². The van der Waals surface area contributed by atoms with Gasteiger partial charge in [0, 0.05) is 19.6 Å². The van der Waals surface area contributed by atoms with Gasteiger partial charge in [0.25, 0.3) is 0 Å². The van der Waals surface area contributed by atoms with E-state index in [4.69, 9.17) is 5.11 Å². The van der Waals surface area contributed by atoms with Crippen molar-refractivity contribution in [2.45, 2.75) is 19.6 Å². The minimum absolute atomic E-state index is 0.126. The smallest absolute Gasteiger partial charge is 0.406 e. The van der Waals surface area contributed by atoms with Crippen molar-refractivity contribution in [3.8, 4) is 0 Å². The molecule has 3 nitrogen and oxygen atoms in total. The molecule has 1 aliphatic rings. The summed E-state index contributed by atoms with van der Waals surface area (Å²) in [6.07, 6.45) is -4.75. The first-order valence-electron chi connectivity index (χ1n) is 6.34. The molecule has 1 heterocycles. The summed E-state index contributed by atoms with van der Waals surface area (Å²) in [6.45, 7) is 1.31. The first-order valence-corrected chi connectivity index (χ1v) is 6.34. The summed E-state index contributed by atoms with van der Waals surface area (Å²) >= 11 is 0. The van der Waals surface area contributed by atoms with Crippen LogP contribution in [-0.4, -0.2) is 35.2 Å². The Balaban J connectivity index is 2.21. The molecule has 0 unspecified atom stereocenters. The topological polar surface area (TPSA) is 40.5 Å². The van der Waals surface area contributed by atoms with Gasteiger partial charge in [-0.25, -0.2) is 0 Å². The molecule has 0 aliphatic carbocycles. The molecule has 1 aromatic carbocycles. The van der Waals surface area contributed by atoms with Crippen LogP contribution in [0.2, 0.25) is 0 Å². The number of halogens is 3. The Morgan fingerprint density at radius 1 is 1.40 bits per heavy atom. The zero-order valence-corrected chi connectivity index (χ0v) is 11.0. The SMILES string of the molecule is C[C@H]1CN(Cc2ccccc2)C[C@]1(C(=O)O)C(F)(F)F. The monoisotopic (exact) mass is 287 g/mol. The molecule has 1 N–H and O–H groups in total. The molecule has 0 saturated carbocycles. The highest BCUT2D eigenvalue weighted by atomic mass is 19.4. The van der Waals surface area contributed by atoms with Crippen molar-refractivity contribution in [2.24, 2.45) is 11.3 Å². The number of aliphatic carboxylic acids is 1. The van der Waals surface area contributed by atoms with Crippen LogP contribution < -0.4 is 0 Å².